The van der Waals surface area contributed by atoms with Crippen molar-refractivity contribution in [2.45, 2.75) is 12.5 Å². The second kappa shape index (κ2) is 5.19. The Hall–Kier alpha value is -1.87. The van der Waals surface area contributed by atoms with Crippen molar-refractivity contribution in [3.63, 3.8) is 0 Å². The molecule has 94 valence electrons. The first-order valence-corrected chi connectivity index (χ1v) is 5.84. The Morgan fingerprint density at radius 2 is 1.67 bits per heavy atom. The Morgan fingerprint density at radius 3 is 2.22 bits per heavy atom. The van der Waals surface area contributed by atoms with E-state index >= 15 is 0 Å². The van der Waals surface area contributed by atoms with Crippen LogP contribution in [0.4, 0.5) is 10.1 Å². The molecule has 1 atom stereocenters. The molecular formula is C15H16FNO. The summed E-state index contributed by atoms with van der Waals surface area (Å²) in [6.45, 7) is 1.86. The first-order chi connectivity index (χ1) is 8.64. The number of anilines is 1. The van der Waals surface area contributed by atoms with E-state index in [-0.39, 0.29) is 12.4 Å². The fourth-order valence-corrected chi connectivity index (χ4v) is 1.86. The van der Waals surface area contributed by atoms with E-state index < -0.39 is 5.54 Å². The molecule has 0 aliphatic rings. The number of rotatable bonds is 4. The summed E-state index contributed by atoms with van der Waals surface area (Å²) in [5, 5.41) is 12.8. The molecule has 2 aromatic rings. The molecule has 0 aliphatic heterocycles. The molecule has 0 spiro atoms. The molecule has 0 aliphatic carbocycles. The number of hydrogen-bond acceptors (Lipinski definition) is 2. The van der Waals surface area contributed by atoms with E-state index in [0.29, 0.717) is 0 Å². The van der Waals surface area contributed by atoms with Gasteiger partial charge in [0.1, 0.15) is 5.82 Å². The number of nitrogens with one attached hydrogen (secondary N) is 1. The lowest BCUT2D eigenvalue weighted by Crippen LogP contribution is -2.35. The Kier molecular flexibility index (Phi) is 3.63. The van der Waals surface area contributed by atoms with Gasteiger partial charge in [-0.2, -0.15) is 0 Å². The van der Waals surface area contributed by atoms with Gasteiger partial charge in [0.2, 0.25) is 0 Å². The van der Waals surface area contributed by atoms with Crippen LogP contribution in [-0.2, 0) is 5.54 Å². The van der Waals surface area contributed by atoms with Crippen LogP contribution in [0.3, 0.4) is 0 Å². The third-order valence-corrected chi connectivity index (χ3v) is 2.99. The summed E-state index contributed by atoms with van der Waals surface area (Å²) in [5.41, 5.74) is 1.17. The number of aliphatic hydroxyl groups excluding tert-OH is 1. The Labute approximate surface area is 106 Å². The second-order valence-electron chi connectivity index (χ2n) is 4.49. The summed E-state index contributed by atoms with van der Waals surface area (Å²) in [5.74, 6) is -0.272. The van der Waals surface area contributed by atoms with Crippen LogP contribution in [0.2, 0.25) is 0 Å². The standard InChI is InChI=1S/C15H16FNO/c1-15(11-18,12-5-3-2-4-6-12)17-14-9-7-13(16)8-10-14/h2-10,17-18H,11H2,1H3. The number of benzene rings is 2. The normalized spacial score (nSPS) is 13.9. The fourth-order valence-electron chi connectivity index (χ4n) is 1.86. The maximum absolute atomic E-state index is 12.8. The molecule has 2 rings (SSSR count). The van der Waals surface area contributed by atoms with Gasteiger partial charge in [-0.3, -0.25) is 0 Å². The molecule has 0 radical (unpaired) electrons. The lowest BCUT2D eigenvalue weighted by Gasteiger charge is -2.30. The van der Waals surface area contributed by atoms with Crippen molar-refractivity contribution in [2.75, 3.05) is 11.9 Å². The summed E-state index contributed by atoms with van der Waals surface area (Å²) >= 11 is 0. The highest BCUT2D eigenvalue weighted by Crippen LogP contribution is 2.25. The monoisotopic (exact) mass is 245 g/mol. The zero-order chi connectivity index (χ0) is 13.0. The van der Waals surface area contributed by atoms with E-state index in [1.54, 1.807) is 12.1 Å². The van der Waals surface area contributed by atoms with E-state index in [4.69, 9.17) is 0 Å². The van der Waals surface area contributed by atoms with Gasteiger partial charge in [-0.25, -0.2) is 4.39 Å². The minimum absolute atomic E-state index is 0.0472. The predicted molar refractivity (Wildman–Crippen MR) is 70.9 cm³/mol. The van der Waals surface area contributed by atoms with E-state index in [1.165, 1.54) is 12.1 Å². The van der Waals surface area contributed by atoms with Crippen LogP contribution in [0, 0.1) is 5.82 Å². The van der Waals surface area contributed by atoms with E-state index in [9.17, 15) is 9.50 Å². The summed E-state index contributed by atoms with van der Waals surface area (Å²) in [6.07, 6.45) is 0. The van der Waals surface area contributed by atoms with Crippen molar-refractivity contribution in [1.29, 1.82) is 0 Å². The van der Waals surface area contributed by atoms with Crippen LogP contribution in [0.5, 0.6) is 0 Å². The van der Waals surface area contributed by atoms with E-state index in [1.807, 2.05) is 37.3 Å². The molecule has 2 nitrogen and oxygen atoms in total. The Bertz CT molecular complexity index is 498. The van der Waals surface area contributed by atoms with Gasteiger partial charge in [0, 0.05) is 5.69 Å². The average Bonchev–Trinajstić information content (AvgIpc) is 2.42. The molecule has 2 N–H and O–H groups in total. The number of hydrogen-bond donors (Lipinski definition) is 2. The molecule has 0 amide bonds. The highest BCUT2D eigenvalue weighted by molar-refractivity contribution is 5.47. The van der Waals surface area contributed by atoms with Gasteiger partial charge in [0.15, 0.2) is 0 Å². The molecule has 2 aromatic carbocycles. The van der Waals surface area contributed by atoms with E-state index in [2.05, 4.69) is 5.32 Å². The topological polar surface area (TPSA) is 32.3 Å². The maximum atomic E-state index is 12.8. The molecule has 0 aromatic heterocycles. The quantitative estimate of drug-likeness (QED) is 0.867. The SMILES string of the molecule is CC(CO)(Nc1ccc(F)cc1)c1ccccc1. The summed E-state index contributed by atoms with van der Waals surface area (Å²) in [4.78, 5) is 0. The Balaban J connectivity index is 2.26. The lowest BCUT2D eigenvalue weighted by atomic mass is 9.92. The van der Waals surface area contributed by atoms with Gasteiger partial charge >= 0.3 is 0 Å². The first-order valence-electron chi connectivity index (χ1n) is 5.84. The van der Waals surface area contributed by atoms with Crippen LogP contribution < -0.4 is 5.32 Å². The van der Waals surface area contributed by atoms with Gasteiger partial charge in [0.25, 0.3) is 0 Å². The van der Waals surface area contributed by atoms with Crippen LogP contribution in [-0.4, -0.2) is 11.7 Å². The summed E-state index contributed by atoms with van der Waals surface area (Å²) in [7, 11) is 0. The van der Waals surface area contributed by atoms with Crippen molar-refractivity contribution >= 4 is 5.69 Å². The van der Waals surface area contributed by atoms with Crippen LogP contribution in [0.15, 0.2) is 54.6 Å². The highest BCUT2D eigenvalue weighted by atomic mass is 19.1. The zero-order valence-corrected chi connectivity index (χ0v) is 10.2. The van der Waals surface area contributed by atoms with Crippen molar-refractivity contribution in [2.24, 2.45) is 0 Å². The smallest absolute Gasteiger partial charge is 0.123 e. The molecule has 1 unspecified atom stereocenters. The maximum Gasteiger partial charge on any atom is 0.123 e. The van der Waals surface area contributed by atoms with Gasteiger partial charge < -0.3 is 10.4 Å². The van der Waals surface area contributed by atoms with Crippen molar-refractivity contribution in [3.05, 3.63) is 66.0 Å². The molecule has 0 bridgehead atoms. The van der Waals surface area contributed by atoms with Crippen LogP contribution in [0.25, 0.3) is 0 Å². The summed E-state index contributed by atoms with van der Waals surface area (Å²) < 4.78 is 12.8. The molecule has 0 fully saturated rings. The molecule has 3 heteroatoms. The number of halogens is 1. The van der Waals surface area contributed by atoms with Crippen LogP contribution >= 0.6 is 0 Å². The summed E-state index contributed by atoms with van der Waals surface area (Å²) in [6, 6.07) is 15.8. The van der Waals surface area contributed by atoms with Crippen molar-refractivity contribution in [1.82, 2.24) is 0 Å². The lowest BCUT2D eigenvalue weighted by molar-refractivity contribution is 0.224. The molecule has 0 saturated heterocycles. The van der Waals surface area contributed by atoms with Gasteiger partial charge in [0.05, 0.1) is 12.1 Å². The first kappa shape index (κ1) is 12.6. The number of aliphatic hydroxyl groups is 1. The molecule has 0 saturated carbocycles. The van der Waals surface area contributed by atoms with Crippen molar-refractivity contribution < 1.29 is 9.50 Å². The second-order valence-corrected chi connectivity index (χ2v) is 4.49. The molecular weight excluding hydrogens is 229 g/mol. The van der Waals surface area contributed by atoms with Crippen LogP contribution in [0.1, 0.15) is 12.5 Å². The molecule has 0 heterocycles. The highest BCUT2D eigenvalue weighted by Gasteiger charge is 2.25. The molecule has 18 heavy (non-hydrogen) atoms. The predicted octanol–water partition coefficient (Wildman–Crippen LogP) is 3.15. The Morgan fingerprint density at radius 1 is 1.06 bits per heavy atom. The van der Waals surface area contributed by atoms with Gasteiger partial charge in [-0.05, 0) is 36.8 Å². The van der Waals surface area contributed by atoms with E-state index in [0.717, 1.165) is 11.3 Å². The van der Waals surface area contributed by atoms with Crippen molar-refractivity contribution in [3.8, 4) is 0 Å². The minimum atomic E-state index is -0.584. The largest absolute Gasteiger partial charge is 0.394 e. The average molecular weight is 245 g/mol. The fraction of sp³-hybridized carbons (Fsp3) is 0.200. The minimum Gasteiger partial charge on any atom is -0.394 e. The van der Waals surface area contributed by atoms with Gasteiger partial charge in [-0.1, -0.05) is 30.3 Å². The van der Waals surface area contributed by atoms with Gasteiger partial charge in [-0.15, -0.1) is 0 Å². The zero-order valence-electron chi connectivity index (χ0n) is 10.2. The third-order valence-electron chi connectivity index (χ3n) is 2.99. The third kappa shape index (κ3) is 2.68.